The van der Waals surface area contributed by atoms with E-state index in [1.807, 2.05) is 48.5 Å². The van der Waals surface area contributed by atoms with Crippen molar-refractivity contribution in [1.29, 1.82) is 0 Å². The molecule has 0 atom stereocenters. The highest BCUT2D eigenvalue weighted by molar-refractivity contribution is 7.80. The first-order valence-corrected chi connectivity index (χ1v) is 6.82. The zero-order valence-corrected chi connectivity index (χ0v) is 11.9. The summed E-state index contributed by atoms with van der Waals surface area (Å²) in [6.07, 6.45) is 0.594. The van der Waals surface area contributed by atoms with Gasteiger partial charge in [-0.15, -0.1) is 0 Å². The molecule has 0 saturated carbocycles. The van der Waals surface area contributed by atoms with Crippen LogP contribution in [0.15, 0.2) is 48.5 Å². The van der Waals surface area contributed by atoms with E-state index in [-0.39, 0.29) is 6.61 Å². The quantitative estimate of drug-likeness (QED) is 0.801. The summed E-state index contributed by atoms with van der Waals surface area (Å²) in [6.45, 7) is 0.586. The Labute approximate surface area is 124 Å². The van der Waals surface area contributed by atoms with Gasteiger partial charge in [0.25, 0.3) is 0 Å². The van der Waals surface area contributed by atoms with E-state index in [9.17, 15) is 0 Å². The second-order valence-corrected chi connectivity index (χ2v) is 4.87. The number of benzene rings is 2. The van der Waals surface area contributed by atoms with E-state index < -0.39 is 0 Å². The van der Waals surface area contributed by atoms with Crippen LogP contribution >= 0.6 is 12.2 Å². The molecule has 0 aliphatic heterocycles. The lowest BCUT2D eigenvalue weighted by molar-refractivity contribution is 0.284. The molecule has 2 rings (SSSR count). The number of ether oxygens (including phenoxy) is 1. The fraction of sp³-hybridized carbons (Fsp3) is 0.188. The van der Waals surface area contributed by atoms with Crippen molar-refractivity contribution in [2.24, 2.45) is 5.73 Å². The summed E-state index contributed by atoms with van der Waals surface area (Å²) in [7, 11) is 0. The predicted octanol–water partition coefficient (Wildman–Crippen LogP) is 2.43. The normalized spacial score (nSPS) is 10.2. The van der Waals surface area contributed by atoms with E-state index in [1.165, 1.54) is 0 Å². The van der Waals surface area contributed by atoms with Gasteiger partial charge in [-0.3, -0.25) is 0 Å². The fourth-order valence-corrected chi connectivity index (χ4v) is 2.03. The molecule has 4 heteroatoms. The summed E-state index contributed by atoms with van der Waals surface area (Å²) in [5, 5.41) is 9.03. The molecule has 104 valence electrons. The average molecular weight is 287 g/mol. The van der Waals surface area contributed by atoms with Crippen molar-refractivity contribution in [2.75, 3.05) is 6.61 Å². The maximum absolute atomic E-state index is 9.03. The van der Waals surface area contributed by atoms with Crippen LogP contribution in [0.3, 0.4) is 0 Å². The van der Waals surface area contributed by atoms with Crippen molar-refractivity contribution in [2.45, 2.75) is 13.0 Å². The third-order valence-electron chi connectivity index (χ3n) is 2.99. The predicted molar refractivity (Wildman–Crippen MR) is 83.9 cm³/mol. The lowest BCUT2D eigenvalue weighted by Crippen LogP contribution is -2.09. The lowest BCUT2D eigenvalue weighted by Gasteiger charge is -2.11. The zero-order valence-electron chi connectivity index (χ0n) is 11.1. The summed E-state index contributed by atoms with van der Waals surface area (Å²) < 4.78 is 5.80. The fourth-order valence-electron chi connectivity index (χ4n) is 1.90. The molecule has 0 unspecified atom stereocenters. The van der Waals surface area contributed by atoms with E-state index in [1.54, 1.807) is 0 Å². The highest BCUT2D eigenvalue weighted by Crippen LogP contribution is 2.19. The van der Waals surface area contributed by atoms with E-state index in [0.717, 1.165) is 22.4 Å². The van der Waals surface area contributed by atoms with Crippen LogP contribution in [-0.4, -0.2) is 16.7 Å². The van der Waals surface area contributed by atoms with Gasteiger partial charge in [0.05, 0.1) is 0 Å². The van der Waals surface area contributed by atoms with Gasteiger partial charge in [-0.05, 0) is 23.6 Å². The molecule has 2 aromatic rings. The molecule has 0 saturated heterocycles. The number of para-hydroxylation sites is 1. The standard InChI is InChI=1S/C16H17NO2S/c17-16(20)14-7-5-12(6-8-14)11-19-15-4-2-1-3-13(15)9-10-18/h1-8,18H,9-11H2,(H2,17,20). The molecular formula is C16H17NO2S. The molecular weight excluding hydrogens is 270 g/mol. The Hall–Kier alpha value is -1.91. The first-order valence-electron chi connectivity index (χ1n) is 6.41. The van der Waals surface area contributed by atoms with Gasteiger partial charge in [0.2, 0.25) is 0 Å². The van der Waals surface area contributed by atoms with Gasteiger partial charge >= 0.3 is 0 Å². The third kappa shape index (κ3) is 3.79. The molecule has 0 fully saturated rings. The molecule has 0 bridgehead atoms. The Kier molecular flexibility index (Phi) is 5.09. The van der Waals surface area contributed by atoms with Gasteiger partial charge in [0, 0.05) is 12.2 Å². The minimum Gasteiger partial charge on any atom is -0.489 e. The van der Waals surface area contributed by atoms with Crippen LogP contribution in [0.2, 0.25) is 0 Å². The van der Waals surface area contributed by atoms with Crippen molar-refractivity contribution in [3.63, 3.8) is 0 Å². The van der Waals surface area contributed by atoms with Gasteiger partial charge in [0.15, 0.2) is 0 Å². The van der Waals surface area contributed by atoms with Crippen LogP contribution in [0, 0.1) is 0 Å². The molecule has 0 aliphatic carbocycles. The van der Waals surface area contributed by atoms with Gasteiger partial charge < -0.3 is 15.6 Å². The van der Waals surface area contributed by atoms with Crippen LogP contribution < -0.4 is 10.5 Å². The molecule has 3 N–H and O–H groups in total. The summed E-state index contributed by atoms with van der Waals surface area (Å²) in [5.41, 5.74) is 8.46. The van der Waals surface area contributed by atoms with Crippen LogP contribution in [0.5, 0.6) is 5.75 Å². The van der Waals surface area contributed by atoms with E-state index in [4.69, 9.17) is 27.8 Å². The molecule has 20 heavy (non-hydrogen) atoms. The number of hydrogen-bond donors (Lipinski definition) is 2. The highest BCUT2D eigenvalue weighted by atomic mass is 32.1. The molecule has 0 spiro atoms. The minimum absolute atomic E-state index is 0.114. The second kappa shape index (κ2) is 7.03. The summed E-state index contributed by atoms with van der Waals surface area (Å²) in [5.74, 6) is 0.806. The molecule has 3 nitrogen and oxygen atoms in total. The van der Waals surface area contributed by atoms with Crippen molar-refractivity contribution in [3.8, 4) is 5.75 Å². The smallest absolute Gasteiger partial charge is 0.123 e. The lowest BCUT2D eigenvalue weighted by atomic mass is 10.1. The second-order valence-electron chi connectivity index (χ2n) is 4.43. The van der Waals surface area contributed by atoms with E-state index in [0.29, 0.717) is 18.0 Å². The molecule has 0 radical (unpaired) electrons. The molecule has 0 aliphatic rings. The summed E-state index contributed by atoms with van der Waals surface area (Å²) in [4.78, 5) is 0.394. The minimum atomic E-state index is 0.114. The third-order valence-corrected chi connectivity index (χ3v) is 3.22. The molecule has 0 amide bonds. The summed E-state index contributed by atoms with van der Waals surface area (Å²) >= 11 is 4.92. The highest BCUT2D eigenvalue weighted by Gasteiger charge is 2.03. The SMILES string of the molecule is NC(=S)c1ccc(COc2ccccc2CCO)cc1. The van der Waals surface area contributed by atoms with Crippen molar-refractivity contribution < 1.29 is 9.84 Å². The van der Waals surface area contributed by atoms with Gasteiger partial charge in [-0.25, -0.2) is 0 Å². The first-order chi connectivity index (χ1) is 9.70. The Balaban J connectivity index is 2.03. The van der Waals surface area contributed by atoms with Crippen molar-refractivity contribution in [1.82, 2.24) is 0 Å². The van der Waals surface area contributed by atoms with Crippen LogP contribution in [0.1, 0.15) is 16.7 Å². The number of hydrogen-bond acceptors (Lipinski definition) is 3. The van der Waals surface area contributed by atoms with Gasteiger partial charge in [-0.2, -0.15) is 0 Å². The molecule has 0 heterocycles. The van der Waals surface area contributed by atoms with Gasteiger partial charge in [-0.1, -0.05) is 54.7 Å². The maximum Gasteiger partial charge on any atom is 0.123 e. The molecule has 0 aromatic heterocycles. The Morgan fingerprint density at radius 3 is 2.45 bits per heavy atom. The number of nitrogens with two attached hydrogens (primary N) is 1. The Morgan fingerprint density at radius 1 is 1.10 bits per heavy atom. The molecule has 2 aromatic carbocycles. The number of rotatable bonds is 6. The largest absolute Gasteiger partial charge is 0.489 e. The number of thiocarbonyl (C=S) groups is 1. The van der Waals surface area contributed by atoms with Crippen LogP contribution in [0.4, 0.5) is 0 Å². The maximum atomic E-state index is 9.03. The first kappa shape index (κ1) is 14.5. The van der Waals surface area contributed by atoms with Gasteiger partial charge in [0.1, 0.15) is 17.3 Å². The monoisotopic (exact) mass is 287 g/mol. The Bertz CT molecular complexity index is 581. The van der Waals surface area contributed by atoms with Crippen LogP contribution in [-0.2, 0) is 13.0 Å². The topological polar surface area (TPSA) is 55.5 Å². The zero-order chi connectivity index (χ0) is 14.4. The summed E-state index contributed by atoms with van der Waals surface area (Å²) in [6, 6.07) is 15.4. The van der Waals surface area contributed by atoms with Crippen molar-refractivity contribution >= 4 is 17.2 Å². The van der Waals surface area contributed by atoms with E-state index in [2.05, 4.69) is 0 Å². The van der Waals surface area contributed by atoms with Crippen LogP contribution in [0.25, 0.3) is 0 Å². The average Bonchev–Trinajstić information content (AvgIpc) is 2.47. The Morgan fingerprint density at radius 2 is 1.80 bits per heavy atom. The number of aliphatic hydroxyl groups excluding tert-OH is 1. The number of aliphatic hydroxyl groups is 1. The van der Waals surface area contributed by atoms with E-state index >= 15 is 0 Å². The van der Waals surface area contributed by atoms with Crippen molar-refractivity contribution in [3.05, 3.63) is 65.2 Å².